The van der Waals surface area contributed by atoms with E-state index < -0.39 is 0 Å². The average Bonchev–Trinajstić information content (AvgIpc) is 3.11. The van der Waals surface area contributed by atoms with Gasteiger partial charge in [0.05, 0.1) is 6.54 Å². The molecule has 2 aromatic carbocycles. The van der Waals surface area contributed by atoms with E-state index in [9.17, 15) is 4.79 Å². The van der Waals surface area contributed by atoms with Crippen LogP contribution in [0.3, 0.4) is 0 Å². The summed E-state index contributed by atoms with van der Waals surface area (Å²) >= 11 is 3.44. The van der Waals surface area contributed by atoms with E-state index in [1.54, 1.807) is 7.05 Å². The van der Waals surface area contributed by atoms with Gasteiger partial charge in [-0.3, -0.25) is 4.79 Å². The highest BCUT2D eigenvalue weighted by atomic mass is 79.9. The summed E-state index contributed by atoms with van der Waals surface area (Å²) in [5.41, 5.74) is 3.04. The number of likely N-dealkylation sites (N-methyl/N-ethyl adjacent to an activating group) is 1. The second-order valence-electron chi connectivity index (χ2n) is 6.33. The lowest BCUT2D eigenvalue weighted by molar-refractivity contribution is -0.132. The number of carbonyl (C=O) groups excluding carboxylic acids is 1. The second kappa shape index (κ2) is 8.35. The second-order valence-corrected chi connectivity index (χ2v) is 7.19. The van der Waals surface area contributed by atoms with Crippen molar-refractivity contribution in [2.75, 3.05) is 13.7 Å². The number of rotatable bonds is 6. The van der Waals surface area contributed by atoms with Crippen LogP contribution < -0.4 is 4.74 Å². The van der Waals surface area contributed by atoms with E-state index in [2.05, 4.69) is 26.1 Å². The number of hydrogen-bond acceptors (Lipinski definition) is 5. The number of aryl methyl sites for hydroxylation is 2. The molecule has 0 aliphatic heterocycles. The first kappa shape index (κ1) is 19.1. The zero-order chi connectivity index (χ0) is 19.4. The van der Waals surface area contributed by atoms with Gasteiger partial charge in [0.1, 0.15) is 5.75 Å². The van der Waals surface area contributed by atoms with Gasteiger partial charge in [-0.15, -0.1) is 0 Å². The molecular formula is C20H20BrN3O3. The third-order valence-electron chi connectivity index (χ3n) is 4.03. The minimum Gasteiger partial charge on any atom is -0.484 e. The monoisotopic (exact) mass is 429 g/mol. The van der Waals surface area contributed by atoms with Crippen molar-refractivity contribution in [3.05, 3.63) is 64.0 Å². The van der Waals surface area contributed by atoms with Gasteiger partial charge in [0.2, 0.25) is 11.7 Å². The molecule has 3 aromatic rings. The first-order chi connectivity index (χ1) is 12.9. The average molecular weight is 430 g/mol. The molecule has 3 rings (SSSR count). The molecular weight excluding hydrogens is 410 g/mol. The van der Waals surface area contributed by atoms with Crippen LogP contribution in [-0.4, -0.2) is 34.6 Å². The largest absolute Gasteiger partial charge is 0.484 e. The summed E-state index contributed by atoms with van der Waals surface area (Å²) in [7, 11) is 1.68. The lowest BCUT2D eigenvalue weighted by Gasteiger charge is -2.15. The molecule has 1 aromatic heterocycles. The number of carbonyl (C=O) groups is 1. The van der Waals surface area contributed by atoms with Gasteiger partial charge >= 0.3 is 0 Å². The van der Waals surface area contributed by atoms with E-state index in [-0.39, 0.29) is 19.1 Å². The fourth-order valence-corrected chi connectivity index (χ4v) is 2.72. The Morgan fingerprint density at radius 1 is 1.22 bits per heavy atom. The first-order valence-corrected chi connectivity index (χ1v) is 9.24. The van der Waals surface area contributed by atoms with Gasteiger partial charge in [-0.25, -0.2) is 0 Å². The van der Waals surface area contributed by atoms with Crippen LogP contribution in [-0.2, 0) is 11.3 Å². The van der Waals surface area contributed by atoms with E-state index in [0.29, 0.717) is 17.5 Å². The van der Waals surface area contributed by atoms with Crippen molar-refractivity contribution in [2.24, 2.45) is 0 Å². The van der Waals surface area contributed by atoms with Crippen LogP contribution in [0.1, 0.15) is 17.0 Å². The van der Waals surface area contributed by atoms with Crippen molar-refractivity contribution in [2.45, 2.75) is 20.4 Å². The zero-order valence-electron chi connectivity index (χ0n) is 15.4. The molecule has 0 saturated heterocycles. The highest BCUT2D eigenvalue weighted by molar-refractivity contribution is 9.10. The van der Waals surface area contributed by atoms with Crippen LogP contribution in [0.2, 0.25) is 0 Å². The van der Waals surface area contributed by atoms with Crippen molar-refractivity contribution in [1.82, 2.24) is 15.0 Å². The summed E-state index contributed by atoms with van der Waals surface area (Å²) in [6, 6.07) is 13.4. The first-order valence-electron chi connectivity index (χ1n) is 8.45. The van der Waals surface area contributed by atoms with Crippen molar-refractivity contribution >= 4 is 21.8 Å². The molecule has 6 nitrogen and oxygen atoms in total. The van der Waals surface area contributed by atoms with Gasteiger partial charge in [0, 0.05) is 17.1 Å². The summed E-state index contributed by atoms with van der Waals surface area (Å²) in [5, 5.41) is 3.99. The molecule has 0 aliphatic carbocycles. The molecule has 27 heavy (non-hydrogen) atoms. The van der Waals surface area contributed by atoms with Crippen molar-refractivity contribution in [1.29, 1.82) is 0 Å². The molecule has 0 aliphatic rings. The SMILES string of the molecule is Cc1cccc(-c2noc(CN(C)C(=O)COc3ccc(Br)c(C)c3)n2)c1. The molecule has 7 heteroatoms. The fraction of sp³-hybridized carbons (Fsp3) is 0.250. The highest BCUT2D eigenvalue weighted by Crippen LogP contribution is 2.21. The Bertz CT molecular complexity index is 955. The number of amides is 1. The quantitative estimate of drug-likeness (QED) is 0.588. The van der Waals surface area contributed by atoms with E-state index in [4.69, 9.17) is 9.26 Å². The van der Waals surface area contributed by atoms with Crippen LogP contribution in [0, 0.1) is 13.8 Å². The van der Waals surface area contributed by atoms with Crippen LogP contribution in [0.25, 0.3) is 11.4 Å². The Morgan fingerprint density at radius 2 is 2.04 bits per heavy atom. The summed E-state index contributed by atoms with van der Waals surface area (Å²) in [6.07, 6.45) is 0. The fourth-order valence-electron chi connectivity index (χ4n) is 2.47. The molecule has 0 unspecified atom stereocenters. The minimum atomic E-state index is -0.175. The number of nitrogens with zero attached hydrogens (tertiary/aromatic N) is 3. The normalized spacial score (nSPS) is 10.7. The van der Waals surface area contributed by atoms with Crippen LogP contribution in [0.15, 0.2) is 51.5 Å². The molecule has 1 heterocycles. The molecule has 0 saturated carbocycles. The van der Waals surface area contributed by atoms with Crippen LogP contribution >= 0.6 is 15.9 Å². The molecule has 0 atom stereocenters. The van der Waals surface area contributed by atoms with Crippen molar-refractivity contribution in [3.8, 4) is 17.1 Å². The molecule has 1 amide bonds. The molecule has 0 bridgehead atoms. The third kappa shape index (κ3) is 4.95. The molecule has 140 valence electrons. The van der Waals surface area contributed by atoms with E-state index >= 15 is 0 Å². The van der Waals surface area contributed by atoms with E-state index in [0.717, 1.165) is 21.2 Å². The maximum Gasteiger partial charge on any atom is 0.260 e. The highest BCUT2D eigenvalue weighted by Gasteiger charge is 2.15. The Hall–Kier alpha value is -2.67. The Kier molecular flexibility index (Phi) is 5.91. The predicted octanol–water partition coefficient (Wildman–Crippen LogP) is 4.15. The van der Waals surface area contributed by atoms with Gasteiger partial charge in [-0.2, -0.15) is 4.98 Å². The number of ether oxygens (including phenoxy) is 1. The molecule has 0 spiro atoms. The third-order valence-corrected chi connectivity index (χ3v) is 4.92. The van der Waals surface area contributed by atoms with E-state index in [1.165, 1.54) is 4.90 Å². The standard InChI is InChI=1S/C20H20BrN3O3/c1-13-5-4-6-15(9-13)20-22-18(27-23-20)11-24(3)19(25)12-26-16-7-8-17(21)14(2)10-16/h4-10H,11-12H2,1-3H3. The Labute approximate surface area is 166 Å². The molecule has 0 radical (unpaired) electrons. The van der Waals surface area contributed by atoms with Gasteiger partial charge in [-0.1, -0.05) is 44.8 Å². The van der Waals surface area contributed by atoms with Gasteiger partial charge in [0.15, 0.2) is 6.61 Å². The number of hydrogen-bond donors (Lipinski definition) is 0. The maximum atomic E-state index is 12.3. The summed E-state index contributed by atoms with van der Waals surface area (Å²) in [5.74, 6) is 1.36. The minimum absolute atomic E-state index is 0.0591. The zero-order valence-corrected chi connectivity index (χ0v) is 17.0. The summed E-state index contributed by atoms with van der Waals surface area (Å²) in [4.78, 5) is 18.2. The molecule has 0 N–H and O–H groups in total. The predicted molar refractivity (Wildman–Crippen MR) is 105 cm³/mol. The Morgan fingerprint density at radius 3 is 2.78 bits per heavy atom. The number of aromatic nitrogens is 2. The van der Waals surface area contributed by atoms with Crippen molar-refractivity contribution in [3.63, 3.8) is 0 Å². The molecule has 0 fully saturated rings. The van der Waals surface area contributed by atoms with Crippen molar-refractivity contribution < 1.29 is 14.1 Å². The van der Waals surface area contributed by atoms with Gasteiger partial charge in [-0.05, 0) is 43.7 Å². The van der Waals surface area contributed by atoms with Gasteiger partial charge in [0.25, 0.3) is 5.91 Å². The summed E-state index contributed by atoms with van der Waals surface area (Å²) < 4.78 is 11.8. The number of benzene rings is 2. The smallest absolute Gasteiger partial charge is 0.260 e. The maximum absolute atomic E-state index is 12.3. The Balaban J connectivity index is 1.57. The lowest BCUT2D eigenvalue weighted by Crippen LogP contribution is -2.31. The van der Waals surface area contributed by atoms with Crippen LogP contribution in [0.4, 0.5) is 0 Å². The number of halogens is 1. The van der Waals surface area contributed by atoms with Crippen LogP contribution in [0.5, 0.6) is 5.75 Å². The van der Waals surface area contributed by atoms with E-state index in [1.807, 2.05) is 56.3 Å². The lowest BCUT2D eigenvalue weighted by atomic mass is 10.1. The summed E-state index contributed by atoms with van der Waals surface area (Å²) in [6.45, 7) is 4.13. The van der Waals surface area contributed by atoms with Gasteiger partial charge < -0.3 is 14.2 Å². The topological polar surface area (TPSA) is 68.5 Å².